The summed E-state index contributed by atoms with van der Waals surface area (Å²) >= 11 is 1.56. The fourth-order valence-corrected chi connectivity index (χ4v) is 2.21. The van der Waals surface area contributed by atoms with E-state index in [9.17, 15) is 4.79 Å². The maximum Gasteiger partial charge on any atom is 0.250 e. The second-order valence-corrected chi connectivity index (χ2v) is 4.61. The zero-order chi connectivity index (χ0) is 11.4. The van der Waals surface area contributed by atoms with Gasteiger partial charge in [0.15, 0.2) is 0 Å². The summed E-state index contributed by atoms with van der Waals surface area (Å²) in [6, 6.07) is 0. The molecule has 0 radical (unpaired) electrons. The fourth-order valence-electron chi connectivity index (χ4n) is 1.49. The SMILES string of the molecule is Cc1csc(CNC(=O)C2CNCCO2)n1. The van der Waals surface area contributed by atoms with Crippen molar-refractivity contribution in [1.29, 1.82) is 0 Å². The molecule has 1 atom stereocenters. The first kappa shape index (κ1) is 11.5. The molecule has 0 aliphatic carbocycles. The molecule has 5 nitrogen and oxygen atoms in total. The van der Waals surface area contributed by atoms with E-state index in [4.69, 9.17) is 4.74 Å². The van der Waals surface area contributed by atoms with E-state index in [0.29, 0.717) is 19.7 Å². The van der Waals surface area contributed by atoms with Gasteiger partial charge in [0.05, 0.1) is 13.2 Å². The molecule has 2 heterocycles. The Morgan fingerprint density at radius 1 is 1.81 bits per heavy atom. The Hall–Kier alpha value is -0.980. The summed E-state index contributed by atoms with van der Waals surface area (Å²) in [4.78, 5) is 16.0. The van der Waals surface area contributed by atoms with Crippen molar-refractivity contribution in [3.8, 4) is 0 Å². The summed E-state index contributed by atoms with van der Waals surface area (Å²) in [5, 5.41) is 8.84. The predicted octanol–water partition coefficient (Wildman–Crippen LogP) is 0.0561. The zero-order valence-corrected chi connectivity index (χ0v) is 9.97. The second kappa shape index (κ2) is 5.38. The van der Waals surface area contributed by atoms with Gasteiger partial charge in [-0.1, -0.05) is 0 Å². The first-order chi connectivity index (χ1) is 7.75. The van der Waals surface area contributed by atoms with Crippen molar-refractivity contribution < 1.29 is 9.53 Å². The maximum absolute atomic E-state index is 11.7. The normalized spacial score (nSPS) is 20.7. The molecule has 16 heavy (non-hydrogen) atoms. The Kier molecular flexibility index (Phi) is 3.87. The van der Waals surface area contributed by atoms with Crippen molar-refractivity contribution in [3.05, 3.63) is 16.1 Å². The number of rotatable bonds is 3. The first-order valence-electron chi connectivity index (χ1n) is 5.27. The quantitative estimate of drug-likeness (QED) is 0.785. The Bertz CT molecular complexity index is 361. The van der Waals surface area contributed by atoms with E-state index >= 15 is 0 Å². The third-order valence-electron chi connectivity index (χ3n) is 2.30. The smallest absolute Gasteiger partial charge is 0.250 e. The molecule has 2 rings (SSSR count). The molecular formula is C10H15N3O2S. The topological polar surface area (TPSA) is 63.2 Å². The van der Waals surface area contributed by atoms with Crippen LogP contribution in [0, 0.1) is 6.92 Å². The minimum atomic E-state index is -0.366. The van der Waals surface area contributed by atoms with Crippen LogP contribution in [0.15, 0.2) is 5.38 Å². The summed E-state index contributed by atoms with van der Waals surface area (Å²) in [7, 11) is 0. The van der Waals surface area contributed by atoms with Crippen molar-refractivity contribution in [2.45, 2.75) is 19.6 Å². The van der Waals surface area contributed by atoms with E-state index in [2.05, 4.69) is 15.6 Å². The van der Waals surface area contributed by atoms with Gasteiger partial charge in [-0.15, -0.1) is 11.3 Å². The molecule has 6 heteroatoms. The third-order valence-corrected chi connectivity index (χ3v) is 3.27. The molecule has 1 unspecified atom stereocenters. The highest BCUT2D eigenvalue weighted by atomic mass is 32.1. The van der Waals surface area contributed by atoms with Crippen LogP contribution in [0.25, 0.3) is 0 Å². The van der Waals surface area contributed by atoms with Crippen LogP contribution in [0.5, 0.6) is 0 Å². The molecule has 2 N–H and O–H groups in total. The van der Waals surface area contributed by atoms with Crippen molar-refractivity contribution in [2.75, 3.05) is 19.7 Å². The largest absolute Gasteiger partial charge is 0.366 e. The highest BCUT2D eigenvalue weighted by molar-refractivity contribution is 7.09. The van der Waals surface area contributed by atoms with Crippen LogP contribution in [-0.2, 0) is 16.1 Å². The molecule has 1 amide bonds. The molecule has 1 saturated heterocycles. The maximum atomic E-state index is 11.7. The van der Waals surface area contributed by atoms with Gasteiger partial charge in [-0.2, -0.15) is 0 Å². The van der Waals surface area contributed by atoms with Gasteiger partial charge in [0.2, 0.25) is 0 Å². The number of nitrogens with zero attached hydrogens (tertiary/aromatic N) is 1. The zero-order valence-electron chi connectivity index (χ0n) is 9.16. The monoisotopic (exact) mass is 241 g/mol. The fraction of sp³-hybridized carbons (Fsp3) is 0.600. The number of carbonyl (C=O) groups excluding carboxylic acids is 1. The van der Waals surface area contributed by atoms with E-state index in [-0.39, 0.29) is 12.0 Å². The van der Waals surface area contributed by atoms with Gasteiger partial charge in [-0.3, -0.25) is 4.79 Å². The molecule has 88 valence electrons. The predicted molar refractivity (Wildman–Crippen MR) is 61.3 cm³/mol. The Balaban J connectivity index is 1.78. The number of nitrogens with one attached hydrogen (secondary N) is 2. The molecule has 1 fully saturated rings. The lowest BCUT2D eigenvalue weighted by Gasteiger charge is -2.22. The number of morpholine rings is 1. The lowest BCUT2D eigenvalue weighted by atomic mass is 10.3. The van der Waals surface area contributed by atoms with Gasteiger partial charge in [0, 0.05) is 24.2 Å². The third kappa shape index (κ3) is 3.01. The molecule has 0 aromatic carbocycles. The van der Waals surface area contributed by atoms with Gasteiger partial charge >= 0.3 is 0 Å². The van der Waals surface area contributed by atoms with Gasteiger partial charge in [-0.05, 0) is 6.92 Å². The Labute approximate surface area is 98.2 Å². The van der Waals surface area contributed by atoms with Crippen molar-refractivity contribution in [1.82, 2.24) is 15.6 Å². The van der Waals surface area contributed by atoms with Gasteiger partial charge in [0.1, 0.15) is 11.1 Å². The number of amides is 1. The minimum Gasteiger partial charge on any atom is -0.366 e. The second-order valence-electron chi connectivity index (χ2n) is 3.66. The van der Waals surface area contributed by atoms with Gasteiger partial charge in [0.25, 0.3) is 5.91 Å². The lowest BCUT2D eigenvalue weighted by Crippen LogP contribution is -2.47. The van der Waals surface area contributed by atoms with E-state index in [1.54, 1.807) is 11.3 Å². The number of hydrogen-bond donors (Lipinski definition) is 2. The van der Waals surface area contributed by atoms with Crippen LogP contribution >= 0.6 is 11.3 Å². The standard InChI is InChI=1S/C10H15N3O2S/c1-7-6-16-9(13-7)5-12-10(14)8-4-11-2-3-15-8/h6,8,11H,2-5H2,1H3,(H,12,14). The number of aromatic nitrogens is 1. The average molecular weight is 241 g/mol. The summed E-state index contributed by atoms with van der Waals surface area (Å²) in [6.07, 6.45) is -0.366. The summed E-state index contributed by atoms with van der Waals surface area (Å²) in [5.41, 5.74) is 0.991. The number of aryl methyl sites for hydroxylation is 1. The van der Waals surface area contributed by atoms with E-state index < -0.39 is 0 Å². The minimum absolute atomic E-state index is 0.0694. The first-order valence-corrected chi connectivity index (χ1v) is 6.15. The molecule has 1 aliphatic rings. The summed E-state index contributed by atoms with van der Waals surface area (Å²) in [5.74, 6) is -0.0694. The van der Waals surface area contributed by atoms with E-state index in [0.717, 1.165) is 17.2 Å². The lowest BCUT2D eigenvalue weighted by molar-refractivity contribution is -0.134. The number of hydrogen-bond acceptors (Lipinski definition) is 5. The highest BCUT2D eigenvalue weighted by Crippen LogP contribution is 2.08. The van der Waals surface area contributed by atoms with Crippen LogP contribution < -0.4 is 10.6 Å². The molecule has 1 aromatic heterocycles. The van der Waals surface area contributed by atoms with Gasteiger partial charge < -0.3 is 15.4 Å². The van der Waals surface area contributed by atoms with Crippen LogP contribution in [0.4, 0.5) is 0 Å². The number of thiazole rings is 1. The highest BCUT2D eigenvalue weighted by Gasteiger charge is 2.21. The molecule has 0 bridgehead atoms. The molecule has 1 aliphatic heterocycles. The van der Waals surface area contributed by atoms with Crippen LogP contribution in [0.1, 0.15) is 10.7 Å². The number of carbonyl (C=O) groups is 1. The van der Waals surface area contributed by atoms with Crippen molar-refractivity contribution >= 4 is 17.2 Å². The van der Waals surface area contributed by atoms with Crippen molar-refractivity contribution in [3.63, 3.8) is 0 Å². The van der Waals surface area contributed by atoms with Crippen LogP contribution in [0.3, 0.4) is 0 Å². The van der Waals surface area contributed by atoms with Crippen LogP contribution in [-0.4, -0.2) is 36.7 Å². The summed E-state index contributed by atoms with van der Waals surface area (Å²) < 4.78 is 5.34. The Morgan fingerprint density at radius 3 is 3.31 bits per heavy atom. The van der Waals surface area contributed by atoms with Crippen LogP contribution in [0.2, 0.25) is 0 Å². The van der Waals surface area contributed by atoms with E-state index in [1.165, 1.54) is 0 Å². The van der Waals surface area contributed by atoms with E-state index in [1.807, 2.05) is 12.3 Å². The average Bonchev–Trinajstić information content (AvgIpc) is 2.73. The van der Waals surface area contributed by atoms with Gasteiger partial charge in [-0.25, -0.2) is 4.98 Å². The Morgan fingerprint density at radius 2 is 2.69 bits per heavy atom. The molecular weight excluding hydrogens is 226 g/mol. The summed E-state index contributed by atoms with van der Waals surface area (Å²) in [6.45, 7) is 4.42. The molecule has 0 saturated carbocycles. The number of ether oxygens (including phenoxy) is 1. The van der Waals surface area contributed by atoms with Crippen molar-refractivity contribution in [2.24, 2.45) is 0 Å². The molecule has 0 spiro atoms. The molecule has 1 aromatic rings.